The first kappa shape index (κ1) is 12.7. The molecule has 2 atom stereocenters. The fraction of sp³-hybridized carbons (Fsp3) is 0.455. The van der Waals surface area contributed by atoms with Crippen molar-refractivity contribution in [3.05, 3.63) is 17.7 Å². The Balaban J connectivity index is 3.10. The molecule has 0 saturated carbocycles. The summed E-state index contributed by atoms with van der Waals surface area (Å²) in [6.45, 7) is 3.47. The van der Waals surface area contributed by atoms with Gasteiger partial charge in [0, 0.05) is 6.04 Å². The van der Waals surface area contributed by atoms with Crippen molar-refractivity contribution in [3.63, 3.8) is 0 Å². The molecule has 0 aromatic carbocycles. The lowest BCUT2D eigenvalue weighted by Gasteiger charge is -2.19. The molecule has 0 amide bonds. The Morgan fingerprint density at radius 1 is 1.47 bits per heavy atom. The van der Waals surface area contributed by atoms with Crippen molar-refractivity contribution in [3.8, 4) is 12.1 Å². The number of ether oxygens (including phenoxy) is 1. The average molecular weight is 232 g/mol. The van der Waals surface area contributed by atoms with Gasteiger partial charge in [-0.25, -0.2) is 4.98 Å². The van der Waals surface area contributed by atoms with Crippen molar-refractivity contribution in [1.82, 2.24) is 9.55 Å². The fourth-order valence-electron chi connectivity index (χ4n) is 1.49. The molecule has 6 heteroatoms. The van der Waals surface area contributed by atoms with Crippen LogP contribution < -0.4 is 0 Å². The lowest BCUT2D eigenvalue weighted by molar-refractivity contribution is -0.146. The minimum atomic E-state index is -0.423. The molecule has 0 radical (unpaired) electrons. The predicted octanol–water partition coefficient (Wildman–Crippen LogP) is 0.997. The van der Waals surface area contributed by atoms with Gasteiger partial charge in [0.05, 0.1) is 19.4 Å². The molecular weight excluding hydrogens is 220 g/mol. The summed E-state index contributed by atoms with van der Waals surface area (Å²) in [4.78, 5) is 15.2. The molecule has 0 aliphatic carbocycles. The van der Waals surface area contributed by atoms with E-state index >= 15 is 0 Å². The Labute approximate surface area is 99.0 Å². The van der Waals surface area contributed by atoms with Crippen molar-refractivity contribution in [2.45, 2.75) is 19.9 Å². The Morgan fingerprint density at radius 2 is 2.12 bits per heavy atom. The van der Waals surface area contributed by atoms with Gasteiger partial charge in [-0.1, -0.05) is 0 Å². The quantitative estimate of drug-likeness (QED) is 0.725. The van der Waals surface area contributed by atoms with Crippen LogP contribution in [0.15, 0.2) is 6.33 Å². The maximum absolute atomic E-state index is 11.4. The van der Waals surface area contributed by atoms with Gasteiger partial charge in [-0.3, -0.25) is 4.79 Å². The predicted molar refractivity (Wildman–Crippen MR) is 57.5 cm³/mol. The largest absolute Gasteiger partial charge is 0.469 e. The van der Waals surface area contributed by atoms with Crippen LogP contribution in [0.2, 0.25) is 0 Å². The van der Waals surface area contributed by atoms with Gasteiger partial charge in [-0.15, -0.1) is 0 Å². The van der Waals surface area contributed by atoms with Gasteiger partial charge >= 0.3 is 5.97 Å². The Morgan fingerprint density at radius 3 is 2.59 bits per heavy atom. The second-order valence-corrected chi connectivity index (χ2v) is 3.63. The topological polar surface area (TPSA) is 91.7 Å². The number of nitrogens with zero attached hydrogens (tertiary/aromatic N) is 4. The number of nitriles is 2. The van der Waals surface area contributed by atoms with E-state index in [1.54, 1.807) is 13.8 Å². The summed E-state index contributed by atoms with van der Waals surface area (Å²) in [6.07, 6.45) is 1.39. The third-order valence-electron chi connectivity index (χ3n) is 2.74. The van der Waals surface area contributed by atoms with Crippen molar-refractivity contribution >= 4 is 5.97 Å². The number of rotatable bonds is 3. The first-order valence-electron chi connectivity index (χ1n) is 5.01. The molecule has 0 saturated heterocycles. The molecular formula is C11H12N4O2. The van der Waals surface area contributed by atoms with Crippen LogP contribution in [0.4, 0.5) is 0 Å². The van der Waals surface area contributed by atoms with E-state index in [1.807, 2.05) is 12.1 Å². The van der Waals surface area contributed by atoms with E-state index in [4.69, 9.17) is 10.5 Å². The number of methoxy groups -OCH3 is 1. The number of hydrogen-bond acceptors (Lipinski definition) is 5. The lowest BCUT2D eigenvalue weighted by atomic mass is 10.0. The van der Waals surface area contributed by atoms with Crippen LogP contribution in [0.25, 0.3) is 0 Å². The van der Waals surface area contributed by atoms with Crippen molar-refractivity contribution in [1.29, 1.82) is 10.5 Å². The molecule has 0 aliphatic rings. The molecule has 1 rings (SSSR count). The van der Waals surface area contributed by atoms with E-state index < -0.39 is 5.92 Å². The second kappa shape index (κ2) is 5.13. The van der Waals surface area contributed by atoms with Gasteiger partial charge < -0.3 is 9.30 Å². The van der Waals surface area contributed by atoms with E-state index in [9.17, 15) is 4.79 Å². The normalized spacial score (nSPS) is 13.2. The molecule has 0 fully saturated rings. The molecule has 1 aromatic heterocycles. The zero-order valence-electron chi connectivity index (χ0n) is 9.84. The van der Waals surface area contributed by atoms with Gasteiger partial charge in [0.15, 0.2) is 11.4 Å². The Hall–Kier alpha value is -2.34. The van der Waals surface area contributed by atoms with Crippen LogP contribution in [-0.2, 0) is 9.53 Å². The zero-order chi connectivity index (χ0) is 13.0. The van der Waals surface area contributed by atoms with Crippen LogP contribution >= 0.6 is 0 Å². The molecule has 88 valence electrons. The highest BCUT2D eigenvalue weighted by Crippen LogP contribution is 2.21. The second-order valence-electron chi connectivity index (χ2n) is 3.63. The fourth-order valence-corrected chi connectivity index (χ4v) is 1.49. The summed E-state index contributed by atoms with van der Waals surface area (Å²) in [5.74, 6) is -0.790. The highest BCUT2D eigenvalue weighted by Gasteiger charge is 2.25. The van der Waals surface area contributed by atoms with E-state index in [2.05, 4.69) is 9.72 Å². The summed E-state index contributed by atoms with van der Waals surface area (Å²) in [6, 6.07) is 3.45. The van der Waals surface area contributed by atoms with E-state index in [1.165, 1.54) is 18.0 Å². The van der Waals surface area contributed by atoms with Crippen molar-refractivity contribution < 1.29 is 9.53 Å². The van der Waals surface area contributed by atoms with Crippen LogP contribution in [0, 0.1) is 28.6 Å². The number of carbonyl (C=O) groups excluding carboxylic acids is 1. The minimum absolute atomic E-state index is 0.0661. The zero-order valence-corrected chi connectivity index (χ0v) is 9.84. The molecule has 2 unspecified atom stereocenters. The van der Waals surface area contributed by atoms with E-state index in [0.717, 1.165) is 0 Å². The van der Waals surface area contributed by atoms with Crippen molar-refractivity contribution in [2.75, 3.05) is 7.11 Å². The van der Waals surface area contributed by atoms with Gasteiger partial charge in [0.2, 0.25) is 0 Å². The van der Waals surface area contributed by atoms with Crippen LogP contribution in [0.5, 0.6) is 0 Å². The highest BCUT2D eigenvalue weighted by atomic mass is 16.5. The molecule has 17 heavy (non-hydrogen) atoms. The number of carbonyl (C=O) groups is 1. The molecule has 1 heterocycles. The standard InChI is InChI=1S/C11H12N4O2/c1-7(11(16)17-3)8(2)15-6-14-9(4-12)10(15)5-13/h6-8H,1-3H3. The maximum atomic E-state index is 11.4. The minimum Gasteiger partial charge on any atom is -0.469 e. The SMILES string of the molecule is COC(=O)C(C)C(C)n1cnc(C#N)c1C#N. The molecule has 1 aromatic rings. The van der Waals surface area contributed by atoms with Gasteiger partial charge in [-0.05, 0) is 13.8 Å². The number of hydrogen-bond donors (Lipinski definition) is 0. The third kappa shape index (κ3) is 2.26. The molecule has 6 nitrogen and oxygen atoms in total. The Bertz CT molecular complexity index is 507. The lowest BCUT2D eigenvalue weighted by Crippen LogP contribution is -2.23. The first-order valence-corrected chi connectivity index (χ1v) is 5.01. The van der Waals surface area contributed by atoms with Crippen LogP contribution in [-0.4, -0.2) is 22.6 Å². The number of esters is 1. The highest BCUT2D eigenvalue weighted by molar-refractivity contribution is 5.72. The van der Waals surface area contributed by atoms with Crippen molar-refractivity contribution in [2.24, 2.45) is 5.92 Å². The molecule has 0 bridgehead atoms. The number of imidazole rings is 1. The maximum Gasteiger partial charge on any atom is 0.310 e. The average Bonchev–Trinajstić information content (AvgIpc) is 2.78. The van der Waals surface area contributed by atoms with E-state index in [-0.39, 0.29) is 23.4 Å². The van der Waals surface area contributed by atoms with Gasteiger partial charge in [-0.2, -0.15) is 10.5 Å². The summed E-state index contributed by atoms with van der Waals surface area (Å²) >= 11 is 0. The summed E-state index contributed by atoms with van der Waals surface area (Å²) in [7, 11) is 1.31. The summed E-state index contributed by atoms with van der Waals surface area (Å²) < 4.78 is 6.15. The monoisotopic (exact) mass is 232 g/mol. The van der Waals surface area contributed by atoms with Crippen LogP contribution in [0.1, 0.15) is 31.3 Å². The van der Waals surface area contributed by atoms with E-state index in [0.29, 0.717) is 0 Å². The van der Waals surface area contributed by atoms with Gasteiger partial charge in [0.1, 0.15) is 12.1 Å². The smallest absolute Gasteiger partial charge is 0.310 e. The Kier molecular flexibility index (Phi) is 3.84. The molecule has 0 N–H and O–H groups in total. The third-order valence-corrected chi connectivity index (χ3v) is 2.74. The summed E-state index contributed by atoms with van der Waals surface area (Å²) in [5.41, 5.74) is 0.229. The summed E-state index contributed by atoms with van der Waals surface area (Å²) in [5, 5.41) is 17.7. The number of aromatic nitrogens is 2. The first-order chi connectivity index (χ1) is 8.06. The molecule has 0 spiro atoms. The van der Waals surface area contributed by atoms with Crippen LogP contribution in [0.3, 0.4) is 0 Å². The molecule has 0 aliphatic heterocycles. The van der Waals surface area contributed by atoms with Gasteiger partial charge in [0.25, 0.3) is 0 Å².